The van der Waals surface area contributed by atoms with Gasteiger partial charge in [-0.1, -0.05) is 26.0 Å². The minimum Gasteiger partial charge on any atom is -0.369 e. The molecule has 1 saturated heterocycles. The molecule has 1 N–H and O–H groups in total. The third-order valence-electron chi connectivity index (χ3n) is 6.70. The number of anilines is 1. The third-order valence-corrected chi connectivity index (χ3v) is 6.70. The first-order chi connectivity index (χ1) is 15.0. The number of hydrogen-bond donors (Lipinski definition) is 1. The molecule has 0 unspecified atom stereocenters. The Hall–Kier alpha value is -2.39. The average molecular weight is 425 g/mol. The van der Waals surface area contributed by atoms with E-state index in [-0.39, 0.29) is 30.1 Å². The van der Waals surface area contributed by atoms with Crippen molar-refractivity contribution >= 4 is 17.4 Å². The SMILES string of the molecule is CC(C)C(=O)c1cccc(N2CCN(CCC3CCC(NC(=O)CC#N)CC3)CC2)c1. The molecule has 1 aromatic rings. The van der Waals surface area contributed by atoms with E-state index in [1.807, 2.05) is 38.1 Å². The van der Waals surface area contributed by atoms with Crippen LogP contribution in [0.2, 0.25) is 0 Å². The lowest BCUT2D eigenvalue weighted by molar-refractivity contribution is -0.121. The fraction of sp³-hybridized carbons (Fsp3) is 0.640. The van der Waals surface area contributed by atoms with Crippen LogP contribution in [0.4, 0.5) is 5.69 Å². The first-order valence-corrected chi connectivity index (χ1v) is 11.7. The van der Waals surface area contributed by atoms with Crippen LogP contribution in [-0.2, 0) is 4.79 Å². The average Bonchev–Trinajstić information content (AvgIpc) is 2.78. The van der Waals surface area contributed by atoms with E-state index in [1.54, 1.807) is 0 Å². The maximum atomic E-state index is 12.3. The summed E-state index contributed by atoms with van der Waals surface area (Å²) in [4.78, 5) is 28.8. The Kier molecular flexibility index (Phi) is 8.48. The number of amides is 1. The molecule has 3 rings (SSSR count). The lowest BCUT2D eigenvalue weighted by Gasteiger charge is -2.37. The predicted octanol–water partition coefficient (Wildman–Crippen LogP) is 3.63. The first-order valence-electron chi connectivity index (χ1n) is 11.7. The van der Waals surface area contributed by atoms with Crippen molar-refractivity contribution in [3.63, 3.8) is 0 Å². The number of piperazine rings is 1. The second-order valence-electron chi connectivity index (χ2n) is 9.31. The molecule has 0 bridgehead atoms. The molecule has 2 fully saturated rings. The highest BCUT2D eigenvalue weighted by Crippen LogP contribution is 2.27. The zero-order chi connectivity index (χ0) is 22.2. The Labute approximate surface area is 186 Å². The highest BCUT2D eigenvalue weighted by molar-refractivity contribution is 5.98. The van der Waals surface area contributed by atoms with Crippen LogP contribution in [0.3, 0.4) is 0 Å². The highest BCUT2D eigenvalue weighted by atomic mass is 16.1. The summed E-state index contributed by atoms with van der Waals surface area (Å²) < 4.78 is 0. The van der Waals surface area contributed by atoms with Crippen molar-refractivity contribution in [3.05, 3.63) is 29.8 Å². The van der Waals surface area contributed by atoms with Crippen LogP contribution < -0.4 is 10.2 Å². The number of Topliss-reactive ketones (excluding diaryl/α,β-unsaturated/α-hetero) is 1. The summed E-state index contributed by atoms with van der Waals surface area (Å²) in [5.74, 6) is 0.833. The molecule has 1 aliphatic heterocycles. The number of ketones is 1. The van der Waals surface area contributed by atoms with Crippen molar-refractivity contribution in [2.45, 2.75) is 58.4 Å². The Bertz CT molecular complexity index is 785. The smallest absolute Gasteiger partial charge is 0.234 e. The van der Waals surface area contributed by atoms with Gasteiger partial charge in [-0.3, -0.25) is 14.5 Å². The van der Waals surface area contributed by atoms with Crippen molar-refractivity contribution in [2.75, 3.05) is 37.6 Å². The number of benzene rings is 1. The van der Waals surface area contributed by atoms with Crippen LogP contribution in [-0.4, -0.2) is 55.4 Å². The van der Waals surface area contributed by atoms with Crippen LogP contribution >= 0.6 is 0 Å². The molecule has 1 aromatic carbocycles. The van der Waals surface area contributed by atoms with Crippen LogP contribution in [0.1, 0.15) is 62.7 Å². The van der Waals surface area contributed by atoms with Gasteiger partial charge in [-0.25, -0.2) is 0 Å². The molecule has 1 amide bonds. The normalized spacial score (nSPS) is 22.2. The van der Waals surface area contributed by atoms with Gasteiger partial charge >= 0.3 is 0 Å². The van der Waals surface area contributed by atoms with Crippen molar-refractivity contribution in [2.24, 2.45) is 11.8 Å². The second-order valence-corrected chi connectivity index (χ2v) is 9.31. The Morgan fingerprint density at radius 3 is 2.48 bits per heavy atom. The van der Waals surface area contributed by atoms with Crippen LogP contribution in [0.25, 0.3) is 0 Å². The summed E-state index contributed by atoms with van der Waals surface area (Å²) in [5, 5.41) is 11.6. The Morgan fingerprint density at radius 2 is 1.84 bits per heavy atom. The summed E-state index contributed by atoms with van der Waals surface area (Å²) in [6, 6.07) is 10.2. The molecule has 168 valence electrons. The third kappa shape index (κ3) is 6.80. The zero-order valence-corrected chi connectivity index (χ0v) is 19.0. The number of hydrogen-bond acceptors (Lipinski definition) is 5. The largest absolute Gasteiger partial charge is 0.369 e. The quantitative estimate of drug-likeness (QED) is 0.645. The summed E-state index contributed by atoms with van der Waals surface area (Å²) >= 11 is 0. The molecule has 0 aromatic heterocycles. The van der Waals surface area contributed by atoms with Gasteiger partial charge in [0, 0.05) is 49.4 Å². The number of nitrogens with zero attached hydrogens (tertiary/aromatic N) is 3. The van der Waals surface area contributed by atoms with E-state index in [1.165, 1.54) is 6.42 Å². The van der Waals surface area contributed by atoms with E-state index < -0.39 is 0 Å². The summed E-state index contributed by atoms with van der Waals surface area (Å²) in [6.07, 6.45) is 5.56. The predicted molar refractivity (Wildman–Crippen MR) is 123 cm³/mol. The Morgan fingerprint density at radius 1 is 1.13 bits per heavy atom. The van der Waals surface area contributed by atoms with Crippen molar-refractivity contribution < 1.29 is 9.59 Å². The molecule has 1 aliphatic carbocycles. The van der Waals surface area contributed by atoms with Gasteiger partial charge < -0.3 is 10.2 Å². The van der Waals surface area contributed by atoms with E-state index in [0.29, 0.717) is 0 Å². The number of rotatable bonds is 8. The van der Waals surface area contributed by atoms with Crippen molar-refractivity contribution in [1.82, 2.24) is 10.2 Å². The van der Waals surface area contributed by atoms with Gasteiger partial charge in [0.05, 0.1) is 6.07 Å². The van der Waals surface area contributed by atoms with E-state index in [4.69, 9.17) is 5.26 Å². The number of carbonyl (C=O) groups is 2. The maximum absolute atomic E-state index is 12.3. The van der Waals surface area contributed by atoms with E-state index in [9.17, 15) is 9.59 Å². The number of carbonyl (C=O) groups excluding carboxylic acids is 2. The van der Waals surface area contributed by atoms with Gasteiger partial charge in [0.15, 0.2) is 5.78 Å². The lowest BCUT2D eigenvalue weighted by Crippen LogP contribution is -2.47. The molecule has 31 heavy (non-hydrogen) atoms. The molecule has 6 nitrogen and oxygen atoms in total. The summed E-state index contributed by atoms with van der Waals surface area (Å²) in [5.41, 5.74) is 1.97. The van der Waals surface area contributed by atoms with Crippen LogP contribution in [0.15, 0.2) is 24.3 Å². The van der Waals surface area contributed by atoms with Gasteiger partial charge in [0.25, 0.3) is 0 Å². The molecular formula is C25H36N4O2. The second kappa shape index (κ2) is 11.3. The van der Waals surface area contributed by atoms with Crippen LogP contribution in [0, 0.1) is 23.2 Å². The number of nitriles is 1. The van der Waals surface area contributed by atoms with Gasteiger partial charge in [-0.2, -0.15) is 5.26 Å². The minimum absolute atomic E-state index is 0.0241. The lowest BCUT2D eigenvalue weighted by atomic mass is 9.84. The van der Waals surface area contributed by atoms with E-state index in [2.05, 4.69) is 21.2 Å². The summed E-state index contributed by atoms with van der Waals surface area (Å²) in [7, 11) is 0. The standard InChI is InChI=1S/C25H36N4O2/c1-19(2)25(31)21-4-3-5-23(18-21)29-16-14-28(15-17-29)13-11-20-6-8-22(9-7-20)27-24(30)10-12-26/h3-5,18-20,22H,6-11,13-17H2,1-2H3,(H,27,30). The van der Waals surface area contributed by atoms with E-state index >= 15 is 0 Å². The fourth-order valence-corrected chi connectivity index (χ4v) is 4.73. The molecule has 1 saturated carbocycles. The monoisotopic (exact) mass is 424 g/mol. The maximum Gasteiger partial charge on any atom is 0.234 e. The summed E-state index contributed by atoms with van der Waals surface area (Å²) in [6.45, 7) is 9.14. The molecule has 0 atom stereocenters. The molecule has 2 aliphatic rings. The van der Waals surface area contributed by atoms with Gasteiger partial charge in [-0.15, -0.1) is 0 Å². The van der Waals surface area contributed by atoms with E-state index in [0.717, 1.165) is 75.6 Å². The molecule has 0 spiro atoms. The number of nitrogens with one attached hydrogen (secondary N) is 1. The highest BCUT2D eigenvalue weighted by Gasteiger charge is 2.24. The van der Waals surface area contributed by atoms with Gasteiger partial charge in [0.1, 0.15) is 6.42 Å². The molecule has 6 heteroatoms. The van der Waals surface area contributed by atoms with Crippen molar-refractivity contribution in [1.29, 1.82) is 5.26 Å². The fourth-order valence-electron chi connectivity index (χ4n) is 4.73. The minimum atomic E-state index is -0.136. The molecule has 1 heterocycles. The molecule has 0 radical (unpaired) electrons. The van der Waals surface area contributed by atoms with Crippen LogP contribution in [0.5, 0.6) is 0 Å². The topological polar surface area (TPSA) is 76.4 Å². The van der Waals surface area contributed by atoms with Gasteiger partial charge in [-0.05, 0) is 56.7 Å². The van der Waals surface area contributed by atoms with Crippen molar-refractivity contribution in [3.8, 4) is 6.07 Å². The first kappa shape index (κ1) is 23.3. The Balaban J connectivity index is 1.38. The van der Waals surface area contributed by atoms with Gasteiger partial charge in [0.2, 0.25) is 5.91 Å². The molecular weight excluding hydrogens is 388 g/mol. The zero-order valence-electron chi connectivity index (χ0n) is 19.0.